The number of aromatic carboxylic acids is 1. The fourth-order valence-electron chi connectivity index (χ4n) is 1.83. The maximum Gasteiger partial charge on any atom is 0.337 e. The second-order valence-corrected chi connectivity index (χ2v) is 4.14. The van der Waals surface area contributed by atoms with E-state index in [9.17, 15) is 18.8 Å². The van der Waals surface area contributed by atoms with Crippen LogP contribution in [0.15, 0.2) is 18.2 Å². The molecule has 1 fully saturated rings. The van der Waals surface area contributed by atoms with Crippen LogP contribution in [-0.2, 0) is 9.59 Å². The van der Waals surface area contributed by atoms with E-state index in [4.69, 9.17) is 5.11 Å². The monoisotopic (exact) mass is 266 g/mol. The fourth-order valence-corrected chi connectivity index (χ4v) is 1.83. The van der Waals surface area contributed by atoms with Gasteiger partial charge in [-0.25, -0.2) is 9.18 Å². The van der Waals surface area contributed by atoms with Gasteiger partial charge < -0.3 is 15.7 Å². The first-order chi connectivity index (χ1) is 8.97. The molecule has 1 saturated heterocycles. The number of carbonyl (C=O) groups excluding carboxylic acids is 2. The Hall–Kier alpha value is -2.44. The van der Waals surface area contributed by atoms with Crippen molar-refractivity contribution in [2.45, 2.75) is 18.9 Å². The van der Waals surface area contributed by atoms with E-state index in [1.165, 1.54) is 6.07 Å². The van der Waals surface area contributed by atoms with Crippen LogP contribution in [0.1, 0.15) is 23.2 Å². The molecule has 1 aromatic rings. The van der Waals surface area contributed by atoms with Gasteiger partial charge in [0.05, 0.1) is 11.3 Å². The highest BCUT2D eigenvalue weighted by Crippen LogP contribution is 2.18. The lowest BCUT2D eigenvalue weighted by atomic mass is 10.1. The molecule has 100 valence electrons. The summed E-state index contributed by atoms with van der Waals surface area (Å²) < 4.78 is 13.0. The minimum absolute atomic E-state index is 0.0000454. The molecular formula is C12H11FN2O4. The van der Waals surface area contributed by atoms with E-state index in [1.54, 1.807) is 0 Å². The topological polar surface area (TPSA) is 95.5 Å². The standard InChI is InChI=1S/C12H11FN2O4/c13-6-1-2-8(7(5-6)12(18)19)15-11(17)9-3-4-10(16)14-9/h1-2,5,9H,3-4H2,(H,14,16)(H,15,17)(H,18,19)/t9-/m1/s1. The molecule has 0 saturated carbocycles. The molecule has 3 N–H and O–H groups in total. The summed E-state index contributed by atoms with van der Waals surface area (Å²) in [6.45, 7) is 0. The summed E-state index contributed by atoms with van der Waals surface area (Å²) in [7, 11) is 0. The van der Waals surface area contributed by atoms with E-state index in [-0.39, 0.29) is 23.6 Å². The highest BCUT2D eigenvalue weighted by atomic mass is 19.1. The van der Waals surface area contributed by atoms with Crippen molar-refractivity contribution in [2.24, 2.45) is 0 Å². The molecule has 0 bridgehead atoms. The molecule has 1 aliphatic heterocycles. The largest absolute Gasteiger partial charge is 0.478 e. The predicted molar refractivity (Wildman–Crippen MR) is 63.2 cm³/mol. The summed E-state index contributed by atoms with van der Waals surface area (Å²) in [6, 6.07) is 2.37. The number of carbonyl (C=O) groups is 3. The lowest BCUT2D eigenvalue weighted by molar-refractivity contribution is -0.122. The lowest BCUT2D eigenvalue weighted by Gasteiger charge is -2.12. The Balaban J connectivity index is 2.17. The second-order valence-electron chi connectivity index (χ2n) is 4.14. The molecule has 0 unspecified atom stereocenters. The molecule has 6 nitrogen and oxygen atoms in total. The van der Waals surface area contributed by atoms with Gasteiger partial charge in [-0.3, -0.25) is 9.59 Å². The Morgan fingerprint density at radius 1 is 1.42 bits per heavy atom. The van der Waals surface area contributed by atoms with Crippen molar-refractivity contribution in [3.8, 4) is 0 Å². The average molecular weight is 266 g/mol. The first-order valence-electron chi connectivity index (χ1n) is 5.60. The molecule has 19 heavy (non-hydrogen) atoms. The number of nitrogens with one attached hydrogen (secondary N) is 2. The van der Waals surface area contributed by atoms with Gasteiger partial charge in [0, 0.05) is 6.42 Å². The van der Waals surface area contributed by atoms with Crippen molar-refractivity contribution < 1.29 is 23.9 Å². The number of amides is 2. The molecule has 2 amide bonds. The van der Waals surface area contributed by atoms with Crippen LogP contribution < -0.4 is 10.6 Å². The number of benzene rings is 1. The smallest absolute Gasteiger partial charge is 0.337 e. The van der Waals surface area contributed by atoms with Crippen LogP contribution in [0.4, 0.5) is 10.1 Å². The molecule has 2 rings (SSSR count). The number of carboxylic acid groups (broad SMARTS) is 1. The SMILES string of the molecule is O=C1CC[C@H](C(=O)Nc2ccc(F)cc2C(=O)O)N1. The molecule has 1 aliphatic rings. The zero-order valence-electron chi connectivity index (χ0n) is 9.77. The zero-order chi connectivity index (χ0) is 14.0. The van der Waals surface area contributed by atoms with E-state index in [0.29, 0.717) is 6.42 Å². The minimum atomic E-state index is -1.34. The van der Waals surface area contributed by atoms with Crippen molar-refractivity contribution in [1.29, 1.82) is 0 Å². The van der Waals surface area contributed by atoms with Gasteiger partial charge in [0.15, 0.2) is 0 Å². The van der Waals surface area contributed by atoms with Crippen LogP contribution in [0, 0.1) is 5.82 Å². The van der Waals surface area contributed by atoms with Crippen LogP contribution >= 0.6 is 0 Å². The van der Waals surface area contributed by atoms with E-state index in [0.717, 1.165) is 12.1 Å². The molecular weight excluding hydrogens is 255 g/mol. The third-order valence-corrected chi connectivity index (χ3v) is 2.78. The number of halogens is 1. The normalized spacial score (nSPS) is 17.9. The highest BCUT2D eigenvalue weighted by molar-refractivity contribution is 6.03. The van der Waals surface area contributed by atoms with Gasteiger partial charge in [0.25, 0.3) is 0 Å². The van der Waals surface area contributed by atoms with Gasteiger partial charge in [-0.1, -0.05) is 0 Å². The molecule has 0 aliphatic carbocycles. The molecule has 1 heterocycles. The number of carboxylic acids is 1. The van der Waals surface area contributed by atoms with Crippen molar-refractivity contribution >= 4 is 23.5 Å². The third kappa shape index (κ3) is 2.87. The first-order valence-corrected chi connectivity index (χ1v) is 5.60. The van der Waals surface area contributed by atoms with Crippen molar-refractivity contribution in [3.63, 3.8) is 0 Å². The Kier molecular flexibility index (Phi) is 3.46. The Bertz CT molecular complexity index is 559. The van der Waals surface area contributed by atoms with E-state index >= 15 is 0 Å². The van der Waals surface area contributed by atoms with Crippen LogP contribution in [-0.4, -0.2) is 28.9 Å². The number of rotatable bonds is 3. The van der Waals surface area contributed by atoms with Gasteiger partial charge >= 0.3 is 5.97 Å². The van der Waals surface area contributed by atoms with Crippen LogP contribution in [0.2, 0.25) is 0 Å². The van der Waals surface area contributed by atoms with Gasteiger partial charge in [0.1, 0.15) is 11.9 Å². The van der Waals surface area contributed by atoms with E-state index < -0.39 is 23.7 Å². The predicted octanol–water partition coefficient (Wildman–Crippen LogP) is 0.741. The van der Waals surface area contributed by atoms with E-state index in [2.05, 4.69) is 10.6 Å². The zero-order valence-corrected chi connectivity index (χ0v) is 9.77. The maximum atomic E-state index is 13.0. The summed E-state index contributed by atoms with van der Waals surface area (Å²) in [6.07, 6.45) is 0.613. The Morgan fingerprint density at radius 3 is 2.74 bits per heavy atom. The maximum absolute atomic E-state index is 13.0. The molecule has 1 atom stereocenters. The summed E-state index contributed by atoms with van der Waals surface area (Å²) in [4.78, 5) is 33.7. The molecule has 0 spiro atoms. The van der Waals surface area contributed by atoms with Gasteiger partial charge in [-0.05, 0) is 24.6 Å². The molecule has 1 aromatic carbocycles. The van der Waals surface area contributed by atoms with Crippen molar-refractivity contribution in [3.05, 3.63) is 29.6 Å². The Labute approximate surface area is 107 Å². The van der Waals surface area contributed by atoms with Crippen molar-refractivity contribution in [1.82, 2.24) is 5.32 Å². The van der Waals surface area contributed by atoms with E-state index in [1.807, 2.05) is 0 Å². The van der Waals surface area contributed by atoms with Crippen LogP contribution in [0.5, 0.6) is 0 Å². The molecule has 0 radical (unpaired) electrons. The Morgan fingerprint density at radius 2 is 2.16 bits per heavy atom. The summed E-state index contributed by atoms with van der Waals surface area (Å²) >= 11 is 0. The quantitative estimate of drug-likeness (QED) is 0.752. The fraction of sp³-hybridized carbons (Fsp3) is 0.250. The number of hydrogen-bond donors (Lipinski definition) is 3. The van der Waals surface area contributed by atoms with Gasteiger partial charge in [0.2, 0.25) is 11.8 Å². The number of anilines is 1. The van der Waals surface area contributed by atoms with Gasteiger partial charge in [-0.2, -0.15) is 0 Å². The number of hydrogen-bond acceptors (Lipinski definition) is 3. The first kappa shape index (κ1) is 13.0. The van der Waals surface area contributed by atoms with Crippen LogP contribution in [0.3, 0.4) is 0 Å². The summed E-state index contributed by atoms with van der Waals surface area (Å²) in [5.41, 5.74) is -0.335. The summed E-state index contributed by atoms with van der Waals surface area (Å²) in [5, 5.41) is 13.8. The second kappa shape index (κ2) is 5.05. The molecule has 7 heteroatoms. The van der Waals surface area contributed by atoms with Crippen molar-refractivity contribution in [2.75, 3.05) is 5.32 Å². The van der Waals surface area contributed by atoms with Crippen LogP contribution in [0.25, 0.3) is 0 Å². The minimum Gasteiger partial charge on any atom is -0.478 e. The summed E-state index contributed by atoms with van der Waals surface area (Å²) in [5.74, 6) is -2.78. The van der Waals surface area contributed by atoms with Gasteiger partial charge in [-0.15, -0.1) is 0 Å². The lowest BCUT2D eigenvalue weighted by Crippen LogP contribution is -2.37. The average Bonchev–Trinajstić information content (AvgIpc) is 2.78. The third-order valence-electron chi connectivity index (χ3n) is 2.78. The molecule has 0 aromatic heterocycles. The highest BCUT2D eigenvalue weighted by Gasteiger charge is 2.28.